The van der Waals surface area contributed by atoms with Gasteiger partial charge >= 0.3 is 0 Å². The Bertz CT molecular complexity index is 72.6. The Morgan fingerprint density at radius 1 is 1.71 bits per heavy atom. The summed E-state index contributed by atoms with van der Waals surface area (Å²) in [5.74, 6) is 1.60. The van der Waals surface area contributed by atoms with Crippen LogP contribution >= 0.6 is 11.8 Å². The maximum atomic E-state index is 8.03. The monoisotopic (exact) mass is 115 g/mol. The molecule has 0 spiro atoms. The lowest BCUT2D eigenvalue weighted by Crippen LogP contribution is -1.87. The van der Waals surface area contributed by atoms with Gasteiger partial charge in [0.1, 0.15) is 5.40 Å². The van der Waals surface area contributed by atoms with Crippen LogP contribution in [0.2, 0.25) is 0 Å². The van der Waals surface area contributed by atoms with Crippen molar-refractivity contribution in [2.24, 2.45) is 5.92 Å². The minimum Gasteiger partial charge on any atom is -0.185 e. The molecule has 0 saturated heterocycles. The van der Waals surface area contributed by atoms with Gasteiger partial charge in [0, 0.05) is 5.75 Å². The summed E-state index contributed by atoms with van der Waals surface area (Å²) in [6, 6.07) is 0. The smallest absolute Gasteiger partial charge is 0.133 e. The van der Waals surface area contributed by atoms with Crippen molar-refractivity contribution >= 4 is 11.8 Å². The summed E-state index contributed by atoms with van der Waals surface area (Å²) in [5, 5.41) is 10.0. The molecule has 0 aliphatic heterocycles. The van der Waals surface area contributed by atoms with Crippen molar-refractivity contribution in [2.75, 3.05) is 5.75 Å². The topological polar surface area (TPSA) is 23.8 Å². The summed E-state index contributed by atoms with van der Waals surface area (Å²) in [5.41, 5.74) is 0. The first kappa shape index (κ1) is 6.84. The zero-order valence-corrected chi connectivity index (χ0v) is 5.46. The van der Waals surface area contributed by atoms with Gasteiger partial charge in [0.25, 0.3) is 0 Å². The van der Waals surface area contributed by atoms with Gasteiger partial charge in [-0.25, -0.2) is 0 Å². The third kappa shape index (κ3) is 5.84. The van der Waals surface area contributed by atoms with E-state index in [2.05, 4.69) is 13.8 Å². The summed E-state index contributed by atoms with van der Waals surface area (Å²) in [7, 11) is 0. The van der Waals surface area contributed by atoms with Crippen molar-refractivity contribution in [2.45, 2.75) is 13.8 Å². The first-order chi connectivity index (χ1) is 3.27. The van der Waals surface area contributed by atoms with Gasteiger partial charge in [-0.05, 0) is 17.7 Å². The molecule has 0 aliphatic rings. The van der Waals surface area contributed by atoms with E-state index in [9.17, 15) is 0 Å². The van der Waals surface area contributed by atoms with Crippen LogP contribution in [0.4, 0.5) is 0 Å². The van der Waals surface area contributed by atoms with Crippen molar-refractivity contribution in [3.63, 3.8) is 0 Å². The van der Waals surface area contributed by atoms with Crippen LogP contribution in [-0.4, -0.2) is 5.75 Å². The number of rotatable bonds is 2. The minimum absolute atomic E-state index is 0.643. The maximum Gasteiger partial charge on any atom is 0.133 e. The van der Waals surface area contributed by atoms with E-state index in [1.54, 1.807) is 0 Å². The van der Waals surface area contributed by atoms with Crippen LogP contribution in [-0.2, 0) is 0 Å². The standard InChI is InChI=1S/C5H9NS/c1-5(2)3-7-4-6/h5H,3H2,1-2H3. The third-order valence-electron chi connectivity index (χ3n) is 0.481. The molecule has 0 rings (SSSR count). The average molecular weight is 115 g/mol. The van der Waals surface area contributed by atoms with Gasteiger partial charge < -0.3 is 0 Å². The van der Waals surface area contributed by atoms with E-state index in [1.807, 2.05) is 5.40 Å². The Morgan fingerprint density at radius 2 is 2.29 bits per heavy atom. The van der Waals surface area contributed by atoms with Crippen LogP contribution in [0.25, 0.3) is 0 Å². The summed E-state index contributed by atoms with van der Waals surface area (Å²) in [6.45, 7) is 4.20. The van der Waals surface area contributed by atoms with E-state index in [4.69, 9.17) is 5.26 Å². The molecule has 0 fully saturated rings. The Hall–Kier alpha value is -0.160. The van der Waals surface area contributed by atoms with Crippen LogP contribution in [0.5, 0.6) is 0 Å². The van der Waals surface area contributed by atoms with Gasteiger partial charge in [-0.1, -0.05) is 13.8 Å². The highest BCUT2D eigenvalue weighted by Gasteiger charge is 1.89. The molecule has 0 saturated carbocycles. The molecule has 0 N–H and O–H groups in total. The van der Waals surface area contributed by atoms with Crippen molar-refractivity contribution < 1.29 is 0 Å². The molecule has 0 unspecified atom stereocenters. The number of thioether (sulfide) groups is 1. The maximum absolute atomic E-state index is 8.03. The molecule has 0 bridgehead atoms. The van der Waals surface area contributed by atoms with E-state index in [-0.39, 0.29) is 0 Å². The number of nitriles is 1. The highest BCUT2D eigenvalue weighted by atomic mass is 32.2. The summed E-state index contributed by atoms with van der Waals surface area (Å²) in [4.78, 5) is 0. The van der Waals surface area contributed by atoms with Gasteiger partial charge in [-0.15, -0.1) is 0 Å². The molecule has 0 amide bonds. The van der Waals surface area contributed by atoms with E-state index in [0.717, 1.165) is 5.75 Å². The molecule has 0 atom stereocenters. The van der Waals surface area contributed by atoms with Gasteiger partial charge in [0.15, 0.2) is 0 Å². The average Bonchev–Trinajstić information content (AvgIpc) is 1.61. The zero-order valence-electron chi connectivity index (χ0n) is 4.64. The summed E-state index contributed by atoms with van der Waals surface area (Å²) in [6.07, 6.45) is 0. The third-order valence-corrected chi connectivity index (χ3v) is 1.44. The van der Waals surface area contributed by atoms with Gasteiger partial charge in [-0.2, -0.15) is 5.26 Å². The predicted octanol–water partition coefficient (Wildman–Crippen LogP) is 1.86. The molecule has 0 aromatic rings. The first-order valence-electron chi connectivity index (χ1n) is 2.28. The van der Waals surface area contributed by atoms with Crippen LogP contribution in [0, 0.1) is 16.6 Å². The molecule has 2 heteroatoms. The van der Waals surface area contributed by atoms with Crippen LogP contribution in [0.1, 0.15) is 13.8 Å². The summed E-state index contributed by atoms with van der Waals surface area (Å²) >= 11 is 1.32. The highest BCUT2D eigenvalue weighted by molar-refractivity contribution is 8.03. The molecule has 40 valence electrons. The molecule has 7 heavy (non-hydrogen) atoms. The second-order valence-electron chi connectivity index (χ2n) is 1.80. The van der Waals surface area contributed by atoms with Crippen molar-refractivity contribution in [3.8, 4) is 5.40 Å². The Labute approximate surface area is 48.7 Å². The van der Waals surface area contributed by atoms with Gasteiger partial charge in [0.2, 0.25) is 0 Å². The van der Waals surface area contributed by atoms with E-state index in [0.29, 0.717) is 5.92 Å². The van der Waals surface area contributed by atoms with E-state index >= 15 is 0 Å². The lowest BCUT2D eigenvalue weighted by Gasteiger charge is -1.93. The SMILES string of the molecule is CC(C)CSC#N. The fourth-order valence-corrected chi connectivity index (χ4v) is 0.612. The van der Waals surface area contributed by atoms with Gasteiger partial charge in [0.05, 0.1) is 0 Å². The molecule has 0 aliphatic carbocycles. The van der Waals surface area contributed by atoms with Gasteiger partial charge in [-0.3, -0.25) is 0 Å². The number of nitrogens with zero attached hydrogens (tertiary/aromatic N) is 1. The van der Waals surface area contributed by atoms with E-state index in [1.165, 1.54) is 11.8 Å². The van der Waals surface area contributed by atoms with E-state index < -0.39 is 0 Å². The minimum atomic E-state index is 0.643. The molecule has 0 aromatic heterocycles. The Balaban J connectivity index is 2.86. The van der Waals surface area contributed by atoms with Crippen molar-refractivity contribution in [1.82, 2.24) is 0 Å². The number of hydrogen-bond acceptors (Lipinski definition) is 2. The van der Waals surface area contributed by atoms with Crippen molar-refractivity contribution in [1.29, 1.82) is 5.26 Å². The molecule has 0 heterocycles. The molecule has 0 radical (unpaired) electrons. The second-order valence-corrected chi connectivity index (χ2v) is 2.60. The van der Waals surface area contributed by atoms with Crippen LogP contribution in [0.15, 0.2) is 0 Å². The largest absolute Gasteiger partial charge is 0.185 e. The second kappa shape index (κ2) is 4.01. The summed E-state index contributed by atoms with van der Waals surface area (Å²) < 4.78 is 0. The van der Waals surface area contributed by atoms with Crippen LogP contribution in [0.3, 0.4) is 0 Å². The normalized spacial score (nSPS) is 8.86. The molecular weight excluding hydrogens is 106 g/mol. The van der Waals surface area contributed by atoms with Crippen LogP contribution < -0.4 is 0 Å². The predicted molar refractivity (Wildman–Crippen MR) is 32.9 cm³/mol. The number of thiocyanates is 1. The lowest BCUT2D eigenvalue weighted by molar-refractivity contribution is 0.752. The highest BCUT2D eigenvalue weighted by Crippen LogP contribution is 2.03. The first-order valence-corrected chi connectivity index (χ1v) is 3.26. The fourth-order valence-electron chi connectivity index (χ4n) is 0.204. The Morgan fingerprint density at radius 3 is 2.43 bits per heavy atom. The molecular formula is C5H9NS. The Kier molecular flexibility index (Phi) is 3.92. The number of hydrogen-bond donors (Lipinski definition) is 0. The lowest BCUT2D eigenvalue weighted by atomic mass is 10.3. The fraction of sp³-hybridized carbons (Fsp3) is 0.800. The quantitative estimate of drug-likeness (QED) is 0.513. The molecule has 1 nitrogen and oxygen atoms in total. The zero-order chi connectivity index (χ0) is 5.70. The molecule has 0 aromatic carbocycles. The van der Waals surface area contributed by atoms with Crippen molar-refractivity contribution in [3.05, 3.63) is 0 Å².